The largest absolute Gasteiger partial charge is 0.385 e. The lowest BCUT2D eigenvalue weighted by Crippen LogP contribution is -2.40. The molecule has 1 fully saturated rings. The summed E-state index contributed by atoms with van der Waals surface area (Å²) in [5.74, 6) is 0.993. The molecule has 0 saturated heterocycles. The van der Waals surface area contributed by atoms with Crippen LogP contribution in [0.3, 0.4) is 0 Å². The number of H-pyrrole nitrogens is 1. The van der Waals surface area contributed by atoms with Crippen molar-refractivity contribution in [1.29, 1.82) is 0 Å². The van der Waals surface area contributed by atoms with E-state index in [1.165, 1.54) is 5.56 Å². The molecule has 1 unspecified atom stereocenters. The molecule has 7 nitrogen and oxygen atoms in total. The molecule has 2 aliphatic rings. The van der Waals surface area contributed by atoms with E-state index < -0.39 is 0 Å². The average Bonchev–Trinajstić information content (AvgIpc) is 3.35. The molecule has 2 heterocycles. The summed E-state index contributed by atoms with van der Waals surface area (Å²) in [7, 11) is 0. The van der Waals surface area contributed by atoms with Crippen molar-refractivity contribution in [3.63, 3.8) is 0 Å². The Labute approximate surface area is 140 Å². The Bertz CT molecular complexity index is 697. The molecule has 126 valence electrons. The number of aromatic amines is 1. The summed E-state index contributed by atoms with van der Waals surface area (Å²) in [6.45, 7) is 1.52. The molecule has 1 atom stereocenters. The first-order valence-corrected chi connectivity index (χ1v) is 8.66. The van der Waals surface area contributed by atoms with E-state index in [4.69, 9.17) is 0 Å². The number of fused-ring (bicyclic) bond motifs is 1. The maximum Gasteiger partial charge on any atom is 0.226 e. The standard InChI is InChI=1S/C17H22N6O/c24-17(13-7-9-18-15-4-2-1-3-12(15)11-13)23(14-5-6-14)10-8-16-19-21-22-20-16/h1-4,13-14,18H,5-11H2,(H,19,20,21,22). The van der Waals surface area contributed by atoms with Gasteiger partial charge in [0.2, 0.25) is 5.91 Å². The lowest BCUT2D eigenvalue weighted by molar-refractivity contribution is -0.136. The monoisotopic (exact) mass is 326 g/mol. The first kappa shape index (κ1) is 15.1. The van der Waals surface area contributed by atoms with Crippen molar-refractivity contribution in [2.75, 3.05) is 18.4 Å². The van der Waals surface area contributed by atoms with Crippen LogP contribution in [0, 0.1) is 5.92 Å². The predicted octanol–water partition coefficient (Wildman–Crippen LogP) is 1.41. The molecule has 1 amide bonds. The zero-order valence-electron chi connectivity index (χ0n) is 13.6. The Morgan fingerprint density at radius 3 is 2.92 bits per heavy atom. The van der Waals surface area contributed by atoms with Gasteiger partial charge >= 0.3 is 0 Å². The second kappa shape index (κ2) is 6.59. The van der Waals surface area contributed by atoms with Crippen molar-refractivity contribution in [3.05, 3.63) is 35.7 Å². The number of amides is 1. The van der Waals surface area contributed by atoms with E-state index in [-0.39, 0.29) is 11.8 Å². The Morgan fingerprint density at radius 1 is 1.25 bits per heavy atom. The highest BCUT2D eigenvalue weighted by molar-refractivity contribution is 5.80. The number of anilines is 1. The van der Waals surface area contributed by atoms with Gasteiger partial charge in [-0.25, -0.2) is 0 Å². The number of nitrogens with zero attached hydrogens (tertiary/aromatic N) is 4. The van der Waals surface area contributed by atoms with Crippen LogP contribution in [0.15, 0.2) is 24.3 Å². The summed E-state index contributed by atoms with van der Waals surface area (Å²) in [5.41, 5.74) is 2.40. The van der Waals surface area contributed by atoms with Crippen LogP contribution in [-0.4, -0.2) is 50.6 Å². The van der Waals surface area contributed by atoms with Gasteiger partial charge in [-0.2, -0.15) is 5.21 Å². The molecule has 24 heavy (non-hydrogen) atoms. The Balaban J connectivity index is 1.46. The molecule has 2 N–H and O–H groups in total. The van der Waals surface area contributed by atoms with E-state index in [1.807, 2.05) is 12.1 Å². The number of carbonyl (C=O) groups is 1. The van der Waals surface area contributed by atoms with E-state index in [9.17, 15) is 4.79 Å². The highest BCUT2D eigenvalue weighted by Gasteiger charge is 2.36. The van der Waals surface area contributed by atoms with Gasteiger partial charge < -0.3 is 10.2 Å². The van der Waals surface area contributed by atoms with Crippen LogP contribution in [0.4, 0.5) is 5.69 Å². The number of rotatable bonds is 5. The normalized spacial score (nSPS) is 19.9. The molecule has 1 aromatic carbocycles. The maximum atomic E-state index is 13.1. The summed E-state index contributed by atoms with van der Waals surface area (Å²) in [6, 6.07) is 8.69. The molecule has 0 radical (unpaired) electrons. The van der Waals surface area contributed by atoms with Gasteiger partial charge in [-0.1, -0.05) is 23.4 Å². The molecular formula is C17H22N6O. The van der Waals surface area contributed by atoms with Gasteiger partial charge in [-0.15, -0.1) is 10.2 Å². The quantitative estimate of drug-likeness (QED) is 0.867. The van der Waals surface area contributed by atoms with Crippen molar-refractivity contribution in [1.82, 2.24) is 25.5 Å². The Hall–Kier alpha value is -2.44. The first-order valence-electron chi connectivity index (χ1n) is 8.66. The molecule has 1 saturated carbocycles. The summed E-state index contributed by atoms with van der Waals surface area (Å²) in [5, 5.41) is 17.5. The van der Waals surface area contributed by atoms with Crippen molar-refractivity contribution < 1.29 is 4.79 Å². The highest BCUT2D eigenvalue weighted by Crippen LogP contribution is 2.31. The van der Waals surface area contributed by atoms with E-state index >= 15 is 0 Å². The second-order valence-corrected chi connectivity index (χ2v) is 6.61. The van der Waals surface area contributed by atoms with Crippen molar-refractivity contribution in [2.24, 2.45) is 5.92 Å². The van der Waals surface area contributed by atoms with Gasteiger partial charge in [0.1, 0.15) is 0 Å². The average molecular weight is 326 g/mol. The zero-order chi connectivity index (χ0) is 16.4. The Kier molecular flexibility index (Phi) is 4.15. The minimum Gasteiger partial charge on any atom is -0.385 e. The van der Waals surface area contributed by atoms with Gasteiger partial charge in [-0.3, -0.25) is 4.79 Å². The second-order valence-electron chi connectivity index (χ2n) is 6.61. The molecule has 4 rings (SSSR count). The van der Waals surface area contributed by atoms with Crippen molar-refractivity contribution in [2.45, 2.75) is 38.1 Å². The molecule has 0 bridgehead atoms. The number of para-hydroxylation sites is 1. The molecular weight excluding hydrogens is 304 g/mol. The van der Waals surface area contributed by atoms with Crippen LogP contribution in [0.2, 0.25) is 0 Å². The van der Waals surface area contributed by atoms with Gasteiger partial charge in [0.25, 0.3) is 0 Å². The number of aromatic nitrogens is 4. The van der Waals surface area contributed by atoms with Crippen LogP contribution >= 0.6 is 0 Å². The van der Waals surface area contributed by atoms with E-state index in [2.05, 4.69) is 43.0 Å². The number of benzene rings is 1. The van der Waals surface area contributed by atoms with Crippen molar-refractivity contribution >= 4 is 11.6 Å². The molecule has 0 spiro atoms. The summed E-state index contributed by atoms with van der Waals surface area (Å²) in [4.78, 5) is 15.2. The summed E-state index contributed by atoms with van der Waals surface area (Å²) < 4.78 is 0. The third-order valence-corrected chi connectivity index (χ3v) is 4.88. The minimum absolute atomic E-state index is 0.0482. The minimum atomic E-state index is 0.0482. The number of hydrogen-bond donors (Lipinski definition) is 2. The van der Waals surface area contributed by atoms with Crippen LogP contribution in [0.25, 0.3) is 0 Å². The fraction of sp³-hybridized carbons (Fsp3) is 0.529. The van der Waals surface area contributed by atoms with Crippen LogP contribution in [0.5, 0.6) is 0 Å². The number of nitrogens with one attached hydrogen (secondary N) is 2. The third kappa shape index (κ3) is 3.25. The molecule has 1 aromatic heterocycles. The van der Waals surface area contributed by atoms with Gasteiger partial charge in [0.05, 0.1) is 0 Å². The lowest BCUT2D eigenvalue weighted by atomic mass is 9.95. The Morgan fingerprint density at radius 2 is 2.12 bits per heavy atom. The highest BCUT2D eigenvalue weighted by atomic mass is 16.2. The number of tetrazole rings is 1. The third-order valence-electron chi connectivity index (χ3n) is 4.88. The van der Waals surface area contributed by atoms with Gasteiger partial charge in [-0.05, 0) is 37.3 Å². The van der Waals surface area contributed by atoms with E-state index in [0.29, 0.717) is 24.8 Å². The zero-order valence-corrected chi connectivity index (χ0v) is 13.6. The maximum absolute atomic E-state index is 13.1. The molecule has 1 aliphatic carbocycles. The number of carbonyl (C=O) groups excluding carboxylic acids is 1. The van der Waals surface area contributed by atoms with Crippen LogP contribution < -0.4 is 5.32 Å². The van der Waals surface area contributed by atoms with Gasteiger partial charge in [0, 0.05) is 37.2 Å². The molecule has 2 aromatic rings. The summed E-state index contributed by atoms with van der Waals surface area (Å²) in [6.07, 6.45) is 4.56. The van der Waals surface area contributed by atoms with E-state index in [1.54, 1.807) is 0 Å². The van der Waals surface area contributed by atoms with Gasteiger partial charge in [0.15, 0.2) is 5.82 Å². The smallest absolute Gasteiger partial charge is 0.226 e. The molecule has 7 heteroatoms. The van der Waals surface area contributed by atoms with Crippen LogP contribution in [0.1, 0.15) is 30.7 Å². The number of hydrogen-bond acceptors (Lipinski definition) is 5. The summed E-state index contributed by atoms with van der Waals surface area (Å²) >= 11 is 0. The fourth-order valence-corrected chi connectivity index (χ4v) is 3.43. The van der Waals surface area contributed by atoms with Crippen molar-refractivity contribution in [3.8, 4) is 0 Å². The lowest BCUT2D eigenvalue weighted by Gasteiger charge is -2.26. The SMILES string of the molecule is O=C(C1CCNc2ccccc2C1)N(CCc1nn[nH]n1)C1CC1. The van der Waals surface area contributed by atoms with Crippen LogP contribution in [-0.2, 0) is 17.6 Å². The molecule has 1 aliphatic heterocycles. The predicted molar refractivity (Wildman–Crippen MR) is 89.4 cm³/mol. The van der Waals surface area contributed by atoms with E-state index in [0.717, 1.165) is 37.9 Å². The fourth-order valence-electron chi connectivity index (χ4n) is 3.43. The first-order chi connectivity index (χ1) is 11.8. The topological polar surface area (TPSA) is 86.8 Å².